The number of Topliss-reactive ketones (excluding diaryl/α,β-unsaturated/α-hetero) is 1. The minimum absolute atomic E-state index is 0.0471. The summed E-state index contributed by atoms with van der Waals surface area (Å²) in [4.78, 5) is 13.0. The third-order valence-electron chi connectivity index (χ3n) is 3.30. The molecule has 0 N–H and O–H groups in total. The Bertz CT molecular complexity index is 699. The van der Waals surface area contributed by atoms with E-state index in [-0.39, 0.29) is 11.5 Å². The topological polar surface area (TPSA) is 34.1 Å². The number of benzene rings is 2. The number of halogens is 1. The van der Waals surface area contributed by atoms with E-state index in [9.17, 15) is 9.00 Å². The SMILES string of the molecule is Cc1cc(C)c(C(=O)CS(=O)c2ccccc2Cl)c(C)c1. The standard InChI is InChI=1S/C17H17ClO2S/c1-11-8-12(2)17(13(3)9-11)15(19)10-21(20)16-7-5-4-6-14(16)18/h4-9H,10H2,1-3H3. The van der Waals surface area contributed by atoms with Crippen LogP contribution < -0.4 is 0 Å². The monoisotopic (exact) mass is 320 g/mol. The zero-order valence-corrected chi connectivity index (χ0v) is 13.8. The fraction of sp³-hybridized carbons (Fsp3) is 0.235. The second kappa shape index (κ2) is 6.54. The number of aryl methyl sites for hydroxylation is 3. The van der Waals surface area contributed by atoms with Crippen molar-refractivity contribution in [3.8, 4) is 0 Å². The summed E-state index contributed by atoms with van der Waals surface area (Å²) < 4.78 is 12.3. The number of hydrogen-bond acceptors (Lipinski definition) is 2. The number of ketones is 1. The number of hydrogen-bond donors (Lipinski definition) is 0. The van der Waals surface area contributed by atoms with Crippen molar-refractivity contribution in [3.05, 3.63) is 63.7 Å². The Morgan fingerprint density at radius 2 is 1.67 bits per heavy atom. The van der Waals surface area contributed by atoms with Crippen LogP contribution in [-0.2, 0) is 10.8 Å². The Labute approximate surface area is 132 Å². The molecule has 110 valence electrons. The number of carbonyl (C=O) groups excluding carboxylic acids is 1. The molecule has 2 rings (SSSR count). The van der Waals surface area contributed by atoms with Crippen molar-refractivity contribution < 1.29 is 9.00 Å². The second-order valence-electron chi connectivity index (χ2n) is 5.12. The highest BCUT2D eigenvalue weighted by molar-refractivity contribution is 7.86. The number of carbonyl (C=O) groups is 1. The van der Waals surface area contributed by atoms with Gasteiger partial charge in [0.25, 0.3) is 0 Å². The second-order valence-corrected chi connectivity index (χ2v) is 6.94. The third kappa shape index (κ3) is 3.60. The summed E-state index contributed by atoms with van der Waals surface area (Å²) in [5.74, 6) is -0.155. The molecule has 1 atom stereocenters. The van der Waals surface area contributed by atoms with E-state index >= 15 is 0 Å². The molecule has 0 saturated carbocycles. The van der Waals surface area contributed by atoms with Crippen LogP contribution in [0, 0.1) is 20.8 Å². The molecule has 0 aliphatic heterocycles. The summed E-state index contributed by atoms with van der Waals surface area (Å²) >= 11 is 6.03. The molecular formula is C17H17ClO2S. The zero-order chi connectivity index (χ0) is 15.6. The summed E-state index contributed by atoms with van der Waals surface area (Å²) in [7, 11) is -1.43. The van der Waals surface area contributed by atoms with Crippen LogP contribution >= 0.6 is 11.6 Å². The molecule has 0 bridgehead atoms. The molecule has 0 aromatic heterocycles. The fourth-order valence-electron chi connectivity index (χ4n) is 2.52. The lowest BCUT2D eigenvalue weighted by Crippen LogP contribution is -2.14. The molecule has 0 amide bonds. The Kier molecular flexibility index (Phi) is 4.96. The van der Waals surface area contributed by atoms with Crippen molar-refractivity contribution in [1.82, 2.24) is 0 Å². The maximum absolute atomic E-state index is 12.5. The van der Waals surface area contributed by atoms with Crippen molar-refractivity contribution in [2.75, 3.05) is 5.75 Å². The van der Waals surface area contributed by atoms with Gasteiger partial charge in [-0.15, -0.1) is 0 Å². The van der Waals surface area contributed by atoms with E-state index in [4.69, 9.17) is 11.6 Å². The van der Waals surface area contributed by atoms with Crippen LogP contribution in [0.15, 0.2) is 41.3 Å². The lowest BCUT2D eigenvalue weighted by Gasteiger charge is -2.10. The highest BCUT2D eigenvalue weighted by atomic mass is 35.5. The first-order chi connectivity index (χ1) is 9.90. The molecule has 0 aliphatic carbocycles. The zero-order valence-electron chi connectivity index (χ0n) is 12.3. The fourth-order valence-corrected chi connectivity index (χ4v) is 3.97. The van der Waals surface area contributed by atoms with E-state index in [2.05, 4.69) is 0 Å². The maximum Gasteiger partial charge on any atom is 0.176 e. The molecule has 0 spiro atoms. The Morgan fingerprint density at radius 3 is 2.24 bits per heavy atom. The summed E-state index contributed by atoms with van der Waals surface area (Å²) in [5, 5.41) is 0.431. The van der Waals surface area contributed by atoms with Crippen molar-refractivity contribution >= 4 is 28.2 Å². The average molecular weight is 321 g/mol. The van der Waals surface area contributed by atoms with Gasteiger partial charge in [0.15, 0.2) is 5.78 Å². The van der Waals surface area contributed by atoms with E-state index in [1.807, 2.05) is 32.9 Å². The highest BCUT2D eigenvalue weighted by Gasteiger charge is 2.18. The molecule has 4 heteroatoms. The van der Waals surface area contributed by atoms with Crippen LogP contribution in [-0.4, -0.2) is 15.7 Å². The smallest absolute Gasteiger partial charge is 0.176 e. The van der Waals surface area contributed by atoms with Gasteiger partial charge < -0.3 is 0 Å². The molecule has 0 fully saturated rings. The first-order valence-electron chi connectivity index (χ1n) is 6.64. The van der Waals surface area contributed by atoms with E-state index < -0.39 is 10.8 Å². The molecule has 2 nitrogen and oxygen atoms in total. The molecule has 21 heavy (non-hydrogen) atoms. The molecule has 0 saturated heterocycles. The van der Waals surface area contributed by atoms with Crippen molar-refractivity contribution in [2.24, 2.45) is 0 Å². The Morgan fingerprint density at radius 1 is 1.10 bits per heavy atom. The van der Waals surface area contributed by atoms with Crippen LogP contribution in [0.25, 0.3) is 0 Å². The Balaban J connectivity index is 2.27. The molecule has 0 aliphatic rings. The normalized spacial score (nSPS) is 12.2. The minimum Gasteiger partial charge on any atom is -0.293 e. The molecule has 0 radical (unpaired) electrons. The van der Waals surface area contributed by atoms with E-state index in [1.165, 1.54) is 0 Å². The Hall–Kier alpha value is -1.45. The van der Waals surface area contributed by atoms with Gasteiger partial charge in [-0.05, 0) is 44.0 Å². The van der Waals surface area contributed by atoms with Crippen LogP contribution in [0.3, 0.4) is 0 Å². The summed E-state index contributed by atoms with van der Waals surface area (Å²) in [5.41, 5.74) is 3.64. The van der Waals surface area contributed by atoms with Gasteiger partial charge in [0, 0.05) is 5.56 Å². The van der Waals surface area contributed by atoms with Gasteiger partial charge in [-0.1, -0.05) is 41.4 Å². The van der Waals surface area contributed by atoms with Crippen LogP contribution in [0.1, 0.15) is 27.0 Å². The van der Waals surface area contributed by atoms with Crippen LogP contribution in [0.4, 0.5) is 0 Å². The van der Waals surface area contributed by atoms with Crippen LogP contribution in [0.5, 0.6) is 0 Å². The summed E-state index contributed by atoms with van der Waals surface area (Å²) in [6.45, 7) is 5.81. The molecule has 1 unspecified atom stereocenters. The van der Waals surface area contributed by atoms with E-state index in [0.717, 1.165) is 16.7 Å². The number of rotatable bonds is 4. The van der Waals surface area contributed by atoms with Gasteiger partial charge in [0.2, 0.25) is 0 Å². The molecular weight excluding hydrogens is 304 g/mol. The van der Waals surface area contributed by atoms with Crippen molar-refractivity contribution in [3.63, 3.8) is 0 Å². The minimum atomic E-state index is -1.43. The summed E-state index contributed by atoms with van der Waals surface area (Å²) in [6, 6.07) is 10.9. The maximum atomic E-state index is 12.5. The molecule has 0 heterocycles. The first-order valence-corrected chi connectivity index (χ1v) is 8.34. The van der Waals surface area contributed by atoms with Gasteiger partial charge in [0.1, 0.15) is 0 Å². The van der Waals surface area contributed by atoms with Gasteiger partial charge in [0.05, 0.1) is 26.5 Å². The van der Waals surface area contributed by atoms with Crippen molar-refractivity contribution in [2.45, 2.75) is 25.7 Å². The van der Waals surface area contributed by atoms with Gasteiger partial charge in [-0.2, -0.15) is 0 Å². The van der Waals surface area contributed by atoms with Gasteiger partial charge in [-0.25, -0.2) is 0 Å². The quantitative estimate of drug-likeness (QED) is 0.789. The lowest BCUT2D eigenvalue weighted by atomic mass is 9.97. The molecule has 2 aromatic carbocycles. The first kappa shape index (κ1) is 15.9. The summed E-state index contributed by atoms with van der Waals surface area (Å²) in [6.07, 6.45) is 0. The van der Waals surface area contributed by atoms with Gasteiger partial charge in [-0.3, -0.25) is 9.00 Å². The predicted octanol–water partition coefficient (Wildman–Crippen LogP) is 4.26. The lowest BCUT2D eigenvalue weighted by molar-refractivity contribution is 0.102. The average Bonchev–Trinajstić information content (AvgIpc) is 2.37. The van der Waals surface area contributed by atoms with E-state index in [1.54, 1.807) is 24.3 Å². The van der Waals surface area contributed by atoms with Crippen LogP contribution in [0.2, 0.25) is 5.02 Å². The molecule has 2 aromatic rings. The van der Waals surface area contributed by atoms with Crippen molar-refractivity contribution in [1.29, 1.82) is 0 Å². The van der Waals surface area contributed by atoms with E-state index in [0.29, 0.717) is 15.5 Å². The van der Waals surface area contributed by atoms with Gasteiger partial charge >= 0.3 is 0 Å². The predicted molar refractivity (Wildman–Crippen MR) is 87.7 cm³/mol. The third-order valence-corrected chi connectivity index (χ3v) is 5.11. The largest absolute Gasteiger partial charge is 0.293 e. The highest BCUT2D eigenvalue weighted by Crippen LogP contribution is 2.22.